The summed E-state index contributed by atoms with van der Waals surface area (Å²) in [5, 5.41) is 3.53. The zero-order chi connectivity index (χ0) is 15.0. The molecule has 0 spiro atoms. The van der Waals surface area contributed by atoms with Crippen LogP contribution >= 0.6 is 0 Å². The van der Waals surface area contributed by atoms with Crippen molar-refractivity contribution in [3.8, 4) is 0 Å². The number of fused-ring (bicyclic) bond motifs is 1. The van der Waals surface area contributed by atoms with Crippen molar-refractivity contribution in [2.24, 2.45) is 0 Å². The van der Waals surface area contributed by atoms with Gasteiger partial charge in [-0.25, -0.2) is 13.2 Å². The van der Waals surface area contributed by atoms with Crippen LogP contribution in [0.5, 0.6) is 0 Å². The maximum absolute atomic E-state index is 13.2. The van der Waals surface area contributed by atoms with E-state index in [0.717, 1.165) is 12.1 Å². The second-order valence-electron chi connectivity index (χ2n) is 4.48. The SMILES string of the molecule is Nc1ccc(Nc2cc(F)c(F)c(F)c2)c2ncccc12. The van der Waals surface area contributed by atoms with Gasteiger partial charge in [0.15, 0.2) is 17.5 Å². The molecule has 1 aromatic heterocycles. The minimum atomic E-state index is -1.50. The van der Waals surface area contributed by atoms with Gasteiger partial charge < -0.3 is 11.1 Å². The van der Waals surface area contributed by atoms with Gasteiger partial charge in [0.25, 0.3) is 0 Å². The molecule has 0 bridgehead atoms. The van der Waals surface area contributed by atoms with Crippen LogP contribution in [0, 0.1) is 17.5 Å². The van der Waals surface area contributed by atoms with Crippen LogP contribution in [-0.4, -0.2) is 4.98 Å². The average Bonchev–Trinajstić information content (AvgIpc) is 2.48. The number of aromatic nitrogens is 1. The van der Waals surface area contributed by atoms with Crippen LogP contribution in [0.1, 0.15) is 0 Å². The van der Waals surface area contributed by atoms with Crippen LogP contribution in [0.4, 0.5) is 30.2 Å². The van der Waals surface area contributed by atoms with Gasteiger partial charge in [-0.3, -0.25) is 4.98 Å². The Kier molecular flexibility index (Phi) is 3.13. The fourth-order valence-corrected chi connectivity index (χ4v) is 2.08. The summed E-state index contributed by atoms with van der Waals surface area (Å²) in [6.07, 6.45) is 1.58. The van der Waals surface area contributed by atoms with Crippen LogP contribution in [0.15, 0.2) is 42.6 Å². The molecule has 0 saturated carbocycles. The van der Waals surface area contributed by atoms with E-state index < -0.39 is 17.5 Å². The summed E-state index contributed by atoms with van der Waals surface area (Å²) >= 11 is 0. The molecule has 0 aliphatic heterocycles. The summed E-state index contributed by atoms with van der Waals surface area (Å²) in [6, 6.07) is 8.58. The maximum atomic E-state index is 13.2. The van der Waals surface area contributed by atoms with Crippen molar-refractivity contribution >= 4 is 28.0 Å². The van der Waals surface area contributed by atoms with Crippen LogP contribution in [-0.2, 0) is 0 Å². The lowest BCUT2D eigenvalue weighted by Gasteiger charge is -2.11. The van der Waals surface area contributed by atoms with E-state index in [2.05, 4.69) is 10.3 Å². The molecule has 0 aliphatic carbocycles. The van der Waals surface area contributed by atoms with E-state index in [9.17, 15) is 13.2 Å². The lowest BCUT2D eigenvalue weighted by atomic mass is 10.1. The van der Waals surface area contributed by atoms with Gasteiger partial charge in [-0.2, -0.15) is 0 Å². The van der Waals surface area contributed by atoms with Crippen LogP contribution in [0.3, 0.4) is 0 Å². The van der Waals surface area contributed by atoms with Gasteiger partial charge >= 0.3 is 0 Å². The number of hydrogen-bond donors (Lipinski definition) is 2. The number of nitrogens with zero attached hydrogens (tertiary/aromatic N) is 1. The second-order valence-corrected chi connectivity index (χ2v) is 4.48. The van der Waals surface area contributed by atoms with Crippen molar-refractivity contribution in [2.75, 3.05) is 11.1 Å². The zero-order valence-corrected chi connectivity index (χ0v) is 10.7. The third kappa shape index (κ3) is 2.35. The normalized spacial score (nSPS) is 10.8. The Labute approximate surface area is 118 Å². The zero-order valence-electron chi connectivity index (χ0n) is 10.7. The van der Waals surface area contributed by atoms with Gasteiger partial charge in [-0.15, -0.1) is 0 Å². The molecule has 21 heavy (non-hydrogen) atoms. The molecule has 0 aliphatic rings. The number of halogens is 3. The Morgan fingerprint density at radius 3 is 2.43 bits per heavy atom. The van der Waals surface area contributed by atoms with Crippen molar-refractivity contribution in [2.45, 2.75) is 0 Å². The van der Waals surface area contributed by atoms with E-state index >= 15 is 0 Å². The first-order valence-electron chi connectivity index (χ1n) is 6.11. The molecule has 0 saturated heterocycles. The molecule has 2 aromatic carbocycles. The van der Waals surface area contributed by atoms with E-state index in [-0.39, 0.29) is 5.69 Å². The monoisotopic (exact) mass is 289 g/mol. The second kappa shape index (κ2) is 4.97. The molecular formula is C15H10F3N3. The van der Waals surface area contributed by atoms with Gasteiger partial charge in [0, 0.05) is 35.1 Å². The molecule has 0 amide bonds. The quantitative estimate of drug-likeness (QED) is 0.554. The summed E-state index contributed by atoms with van der Waals surface area (Å²) in [5.74, 6) is -4.02. The van der Waals surface area contributed by atoms with Gasteiger partial charge in [0.1, 0.15) is 0 Å². The Morgan fingerprint density at radius 1 is 1.00 bits per heavy atom. The first kappa shape index (κ1) is 13.2. The highest BCUT2D eigenvalue weighted by atomic mass is 19.2. The maximum Gasteiger partial charge on any atom is 0.194 e. The number of nitrogens with one attached hydrogen (secondary N) is 1. The van der Waals surface area contributed by atoms with Crippen LogP contribution in [0.2, 0.25) is 0 Å². The van der Waals surface area contributed by atoms with Crippen molar-refractivity contribution in [1.82, 2.24) is 4.98 Å². The Morgan fingerprint density at radius 2 is 1.71 bits per heavy atom. The fourth-order valence-electron chi connectivity index (χ4n) is 2.08. The smallest absolute Gasteiger partial charge is 0.194 e. The van der Waals surface area contributed by atoms with Gasteiger partial charge in [0.2, 0.25) is 0 Å². The molecule has 0 unspecified atom stereocenters. The summed E-state index contributed by atoms with van der Waals surface area (Å²) in [6.45, 7) is 0. The Balaban J connectivity index is 2.09. The number of hydrogen-bond acceptors (Lipinski definition) is 3. The summed E-state index contributed by atoms with van der Waals surface area (Å²) in [5.41, 5.74) is 7.55. The number of benzene rings is 2. The van der Waals surface area contributed by atoms with Gasteiger partial charge in [-0.1, -0.05) is 0 Å². The third-order valence-electron chi connectivity index (χ3n) is 3.07. The largest absolute Gasteiger partial charge is 0.398 e. The van der Waals surface area contributed by atoms with Crippen molar-refractivity contribution in [3.05, 3.63) is 60.0 Å². The molecule has 3 aromatic rings. The molecule has 6 heteroatoms. The minimum Gasteiger partial charge on any atom is -0.398 e. The molecular weight excluding hydrogens is 279 g/mol. The molecule has 1 heterocycles. The van der Waals surface area contributed by atoms with E-state index in [1.807, 2.05) is 0 Å². The van der Waals surface area contributed by atoms with E-state index in [1.54, 1.807) is 30.5 Å². The van der Waals surface area contributed by atoms with E-state index in [4.69, 9.17) is 5.73 Å². The van der Waals surface area contributed by atoms with Crippen molar-refractivity contribution < 1.29 is 13.2 Å². The first-order valence-corrected chi connectivity index (χ1v) is 6.11. The highest BCUT2D eigenvalue weighted by molar-refractivity contribution is 5.99. The minimum absolute atomic E-state index is 0.0862. The fraction of sp³-hybridized carbons (Fsp3) is 0. The van der Waals surface area contributed by atoms with Crippen molar-refractivity contribution in [1.29, 1.82) is 0 Å². The predicted molar refractivity (Wildman–Crippen MR) is 75.8 cm³/mol. The van der Waals surface area contributed by atoms with Crippen molar-refractivity contribution in [3.63, 3.8) is 0 Å². The number of nitrogens with two attached hydrogens (primary N) is 1. The van der Waals surface area contributed by atoms with E-state index in [1.165, 1.54) is 0 Å². The third-order valence-corrected chi connectivity index (χ3v) is 3.07. The van der Waals surface area contributed by atoms with Crippen LogP contribution < -0.4 is 11.1 Å². The molecule has 106 valence electrons. The number of nitrogen functional groups attached to an aromatic ring is 1. The molecule has 3 N–H and O–H groups in total. The summed E-state index contributed by atoms with van der Waals surface area (Å²) in [7, 11) is 0. The predicted octanol–water partition coefficient (Wildman–Crippen LogP) is 3.98. The average molecular weight is 289 g/mol. The number of anilines is 3. The lowest BCUT2D eigenvalue weighted by molar-refractivity contribution is 0.448. The van der Waals surface area contributed by atoms with E-state index in [0.29, 0.717) is 22.3 Å². The number of rotatable bonds is 2. The topological polar surface area (TPSA) is 50.9 Å². The van der Waals surface area contributed by atoms with Gasteiger partial charge in [-0.05, 0) is 24.3 Å². The van der Waals surface area contributed by atoms with Crippen LogP contribution in [0.25, 0.3) is 10.9 Å². The molecule has 3 nitrogen and oxygen atoms in total. The van der Waals surface area contributed by atoms with Gasteiger partial charge in [0.05, 0.1) is 11.2 Å². The summed E-state index contributed by atoms with van der Waals surface area (Å²) < 4.78 is 39.4. The Hall–Kier alpha value is -2.76. The lowest BCUT2D eigenvalue weighted by Crippen LogP contribution is -1.98. The number of pyridine rings is 1. The highest BCUT2D eigenvalue weighted by Gasteiger charge is 2.12. The molecule has 0 fully saturated rings. The molecule has 0 atom stereocenters. The molecule has 3 rings (SSSR count). The highest BCUT2D eigenvalue weighted by Crippen LogP contribution is 2.29. The summed E-state index contributed by atoms with van der Waals surface area (Å²) in [4.78, 5) is 4.20. The Bertz CT molecular complexity index is 811. The standard InChI is InChI=1S/C15H10F3N3/c16-10-6-8(7-11(17)14(10)18)21-13-4-3-12(19)9-2-1-5-20-15(9)13/h1-7,21H,19H2. The first-order chi connectivity index (χ1) is 10.1. The molecule has 0 radical (unpaired) electrons.